The highest BCUT2D eigenvalue weighted by Crippen LogP contribution is 2.38. The Morgan fingerprint density at radius 2 is 1.97 bits per heavy atom. The first-order valence-electron chi connectivity index (χ1n) is 10.4. The van der Waals surface area contributed by atoms with Gasteiger partial charge >= 0.3 is 0 Å². The van der Waals surface area contributed by atoms with Crippen molar-refractivity contribution in [3.63, 3.8) is 0 Å². The van der Waals surface area contributed by atoms with E-state index in [2.05, 4.69) is 11.8 Å². The Morgan fingerprint density at radius 3 is 2.73 bits per heavy atom. The van der Waals surface area contributed by atoms with E-state index in [0.717, 1.165) is 43.7 Å². The maximum absolute atomic E-state index is 12.9. The molecule has 2 aliphatic rings. The standard InChI is InChI=1S/C24H24N2O4/c1-2-25-9-11-26(12-10-25)15-19-20(27)8-7-18-23(28)22(30-24(18)19)14-17-13-16-5-3-4-6-21(16)29-17/h3-8,13-14,27H,2,9-12,15H2,1H3/b22-14-. The fourth-order valence-corrected chi connectivity index (χ4v) is 4.27. The van der Waals surface area contributed by atoms with Crippen LogP contribution in [0.3, 0.4) is 0 Å². The predicted octanol–water partition coefficient (Wildman–Crippen LogP) is 1.84. The van der Waals surface area contributed by atoms with Gasteiger partial charge in [-0.05, 0) is 24.7 Å². The van der Waals surface area contributed by atoms with E-state index in [0.29, 0.717) is 29.2 Å². The van der Waals surface area contributed by atoms with Gasteiger partial charge in [0.2, 0.25) is 5.78 Å². The zero-order chi connectivity index (χ0) is 20.7. The van der Waals surface area contributed by atoms with Gasteiger partial charge in [0.05, 0.1) is 18.7 Å². The number of hydrogen-bond donors (Lipinski definition) is 1. The van der Waals surface area contributed by atoms with Crippen molar-refractivity contribution < 1.29 is 24.0 Å². The summed E-state index contributed by atoms with van der Waals surface area (Å²) in [6.45, 7) is 7.79. The number of ketones is 1. The van der Waals surface area contributed by atoms with Crippen LogP contribution in [-0.4, -0.2) is 43.4 Å². The SMILES string of the molecule is CCN1CC[NH+](Cc2c([O-])ccc3c2O/C(=C\c2cc4ccccc4o2)C3=O)CC1. The summed E-state index contributed by atoms with van der Waals surface area (Å²) >= 11 is 0. The molecule has 1 N–H and O–H groups in total. The molecule has 0 aliphatic carbocycles. The number of ether oxygens (including phenoxy) is 1. The Labute approximate surface area is 175 Å². The fourth-order valence-electron chi connectivity index (χ4n) is 4.27. The summed E-state index contributed by atoms with van der Waals surface area (Å²) in [4.78, 5) is 16.7. The minimum Gasteiger partial charge on any atom is -0.872 e. The Bertz CT molecular complexity index is 1110. The third kappa shape index (κ3) is 3.38. The van der Waals surface area contributed by atoms with Gasteiger partial charge in [-0.25, -0.2) is 0 Å². The normalized spacial score (nSPS) is 18.8. The molecule has 6 heteroatoms. The lowest BCUT2D eigenvalue weighted by molar-refractivity contribution is -0.918. The highest BCUT2D eigenvalue weighted by atomic mass is 16.5. The van der Waals surface area contributed by atoms with Crippen LogP contribution in [0.25, 0.3) is 17.0 Å². The van der Waals surface area contributed by atoms with Gasteiger partial charge in [0.15, 0.2) is 5.76 Å². The zero-order valence-electron chi connectivity index (χ0n) is 16.9. The smallest absolute Gasteiger partial charge is 0.232 e. The van der Waals surface area contributed by atoms with Crippen LogP contribution in [0, 0.1) is 0 Å². The molecular weight excluding hydrogens is 380 g/mol. The Balaban J connectivity index is 1.42. The fraction of sp³-hybridized carbons (Fsp3) is 0.292. The number of allylic oxidation sites excluding steroid dienone is 1. The summed E-state index contributed by atoms with van der Waals surface area (Å²) in [7, 11) is 0. The first kappa shape index (κ1) is 18.9. The van der Waals surface area contributed by atoms with Crippen molar-refractivity contribution in [1.29, 1.82) is 0 Å². The van der Waals surface area contributed by atoms with Gasteiger partial charge in [-0.1, -0.05) is 36.9 Å². The summed E-state index contributed by atoms with van der Waals surface area (Å²) in [6.07, 6.45) is 1.61. The Kier molecular flexibility index (Phi) is 4.81. The maximum Gasteiger partial charge on any atom is 0.232 e. The topological polar surface area (TPSA) is 70.2 Å². The van der Waals surface area contributed by atoms with Crippen LogP contribution in [0.15, 0.2) is 52.6 Å². The number of quaternary nitrogens is 1. The second-order valence-electron chi connectivity index (χ2n) is 7.91. The van der Waals surface area contributed by atoms with E-state index in [1.54, 1.807) is 12.1 Å². The van der Waals surface area contributed by atoms with Gasteiger partial charge in [0.25, 0.3) is 0 Å². The van der Waals surface area contributed by atoms with E-state index in [1.807, 2.05) is 30.3 Å². The van der Waals surface area contributed by atoms with E-state index in [9.17, 15) is 9.90 Å². The van der Waals surface area contributed by atoms with Crippen LogP contribution >= 0.6 is 0 Å². The molecule has 5 rings (SSSR count). The number of likely N-dealkylation sites (N-methyl/N-ethyl adjacent to an activating group) is 1. The molecule has 1 saturated heterocycles. The molecule has 0 amide bonds. The van der Waals surface area contributed by atoms with Gasteiger partial charge in [-0.3, -0.25) is 9.69 Å². The molecule has 0 bridgehead atoms. The molecule has 0 unspecified atom stereocenters. The molecule has 0 spiro atoms. The molecule has 3 heterocycles. The number of carbonyl (C=O) groups is 1. The van der Waals surface area contributed by atoms with Crippen molar-refractivity contribution in [3.8, 4) is 11.5 Å². The maximum atomic E-state index is 12.9. The number of nitrogens with one attached hydrogen (secondary N) is 1. The molecule has 2 aliphatic heterocycles. The number of nitrogens with zero attached hydrogens (tertiary/aromatic N) is 1. The van der Waals surface area contributed by atoms with Gasteiger partial charge < -0.3 is 19.2 Å². The van der Waals surface area contributed by atoms with Crippen molar-refractivity contribution in [2.45, 2.75) is 13.5 Å². The summed E-state index contributed by atoms with van der Waals surface area (Å²) in [5, 5.41) is 13.6. The second-order valence-corrected chi connectivity index (χ2v) is 7.91. The van der Waals surface area contributed by atoms with E-state index in [-0.39, 0.29) is 17.3 Å². The number of para-hydroxylation sites is 1. The first-order valence-corrected chi connectivity index (χ1v) is 10.4. The molecule has 0 saturated carbocycles. The number of fused-ring (bicyclic) bond motifs is 2. The minimum absolute atomic E-state index is 0.0723. The van der Waals surface area contributed by atoms with Crippen LogP contribution in [0.2, 0.25) is 0 Å². The van der Waals surface area contributed by atoms with Gasteiger partial charge in [0, 0.05) is 30.1 Å². The van der Waals surface area contributed by atoms with Gasteiger partial charge in [0.1, 0.15) is 23.6 Å². The van der Waals surface area contributed by atoms with Crippen molar-refractivity contribution >= 4 is 22.8 Å². The van der Waals surface area contributed by atoms with Gasteiger partial charge in [-0.2, -0.15) is 0 Å². The number of piperazine rings is 1. The largest absolute Gasteiger partial charge is 0.872 e. The summed E-state index contributed by atoms with van der Waals surface area (Å²) < 4.78 is 11.7. The zero-order valence-corrected chi connectivity index (χ0v) is 16.9. The Hall–Kier alpha value is -3.09. The Morgan fingerprint density at radius 1 is 1.17 bits per heavy atom. The number of Topliss-reactive ketones (excluding diaryl/α,β-unsaturated/α-hetero) is 1. The van der Waals surface area contributed by atoms with Crippen LogP contribution in [0.5, 0.6) is 11.5 Å². The number of rotatable bonds is 4. The summed E-state index contributed by atoms with van der Waals surface area (Å²) in [5.74, 6) is 0.883. The molecule has 0 radical (unpaired) electrons. The third-order valence-electron chi connectivity index (χ3n) is 6.05. The van der Waals surface area contributed by atoms with E-state index in [4.69, 9.17) is 9.15 Å². The van der Waals surface area contributed by atoms with Crippen molar-refractivity contribution in [1.82, 2.24) is 4.90 Å². The molecule has 0 atom stereocenters. The van der Waals surface area contributed by atoms with Crippen molar-refractivity contribution in [2.75, 3.05) is 32.7 Å². The van der Waals surface area contributed by atoms with Gasteiger partial charge in [-0.15, -0.1) is 0 Å². The van der Waals surface area contributed by atoms with E-state index >= 15 is 0 Å². The average molecular weight is 404 g/mol. The second kappa shape index (κ2) is 7.63. The van der Waals surface area contributed by atoms with E-state index in [1.165, 1.54) is 11.0 Å². The number of hydrogen-bond acceptors (Lipinski definition) is 5. The molecule has 154 valence electrons. The average Bonchev–Trinajstić information content (AvgIpc) is 3.31. The minimum atomic E-state index is -0.211. The van der Waals surface area contributed by atoms with Crippen LogP contribution in [-0.2, 0) is 6.54 Å². The molecular formula is C24H24N2O4. The van der Waals surface area contributed by atoms with Crippen molar-refractivity contribution in [2.24, 2.45) is 0 Å². The first-order chi connectivity index (χ1) is 14.6. The highest BCUT2D eigenvalue weighted by Gasteiger charge is 2.32. The van der Waals surface area contributed by atoms with Crippen LogP contribution in [0.4, 0.5) is 0 Å². The molecule has 6 nitrogen and oxygen atoms in total. The van der Waals surface area contributed by atoms with Crippen molar-refractivity contribution in [3.05, 3.63) is 65.1 Å². The van der Waals surface area contributed by atoms with E-state index < -0.39 is 0 Å². The lowest BCUT2D eigenvalue weighted by Gasteiger charge is -2.32. The molecule has 1 fully saturated rings. The number of benzene rings is 2. The van der Waals surface area contributed by atoms with Crippen LogP contribution < -0.4 is 14.7 Å². The number of furan rings is 1. The molecule has 30 heavy (non-hydrogen) atoms. The lowest BCUT2D eigenvalue weighted by atomic mass is 10.0. The summed E-state index contributed by atoms with van der Waals surface area (Å²) in [5.41, 5.74) is 1.80. The van der Waals surface area contributed by atoms with Crippen LogP contribution in [0.1, 0.15) is 28.6 Å². The monoisotopic (exact) mass is 404 g/mol. The summed E-state index contributed by atoms with van der Waals surface area (Å²) in [6, 6.07) is 12.6. The highest BCUT2D eigenvalue weighted by molar-refractivity contribution is 6.14. The lowest BCUT2D eigenvalue weighted by Crippen LogP contribution is -3.13. The molecule has 3 aromatic rings. The molecule has 2 aromatic carbocycles. The number of carbonyl (C=O) groups excluding carboxylic acids is 1. The quantitative estimate of drug-likeness (QED) is 0.672. The third-order valence-corrected chi connectivity index (χ3v) is 6.05. The predicted molar refractivity (Wildman–Crippen MR) is 112 cm³/mol. The molecule has 1 aromatic heterocycles.